The zero-order chi connectivity index (χ0) is 17.8. The van der Waals surface area contributed by atoms with Gasteiger partial charge in [0.25, 0.3) is 5.69 Å². The molecule has 0 bridgehead atoms. The number of hydrogen-bond donors (Lipinski definition) is 2. The van der Waals surface area contributed by atoms with E-state index in [1.807, 2.05) is 0 Å². The Kier molecular flexibility index (Phi) is 4.73. The molecule has 0 radical (unpaired) electrons. The number of likely N-dealkylation sites (tertiary alicyclic amines) is 1. The van der Waals surface area contributed by atoms with E-state index in [1.54, 1.807) is 17.0 Å². The van der Waals surface area contributed by atoms with E-state index in [0.29, 0.717) is 25.3 Å². The molecular formula is C16H16FN5O3. The Balaban J connectivity index is 1.55. The van der Waals surface area contributed by atoms with E-state index in [9.17, 15) is 19.3 Å². The highest BCUT2D eigenvalue weighted by Gasteiger charge is 2.27. The highest BCUT2D eigenvalue weighted by atomic mass is 19.1. The molecule has 0 saturated carbocycles. The second-order valence-electron chi connectivity index (χ2n) is 5.64. The summed E-state index contributed by atoms with van der Waals surface area (Å²) in [5.41, 5.74) is 0.0591. The standard InChI is InChI=1S/C16H16FN5O3/c17-13-3-1-2-4-14(13)20-16(23)21-8-7-11(10-21)19-15-6-5-12(9-18-15)22(24)25/h1-6,9,11H,7-8,10H2,(H,18,19)(H,20,23). The average Bonchev–Trinajstić information content (AvgIpc) is 3.06. The number of nitrogens with zero attached hydrogens (tertiary/aromatic N) is 3. The third-order valence-electron chi connectivity index (χ3n) is 3.90. The third-order valence-corrected chi connectivity index (χ3v) is 3.90. The lowest BCUT2D eigenvalue weighted by Gasteiger charge is -2.18. The number of amides is 2. The van der Waals surface area contributed by atoms with Crippen molar-refractivity contribution < 1.29 is 14.1 Å². The molecular weight excluding hydrogens is 329 g/mol. The molecule has 8 nitrogen and oxygen atoms in total. The lowest BCUT2D eigenvalue weighted by Crippen LogP contribution is -2.35. The van der Waals surface area contributed by atoms with Gasteiger partial charge in [-0.15, -0.1) is 0 Å². The summed E-state index contributed by atoms with van der Waals surface area (Å²) in [6.07, 6.45) is 1.88. The Morgan fingerprint density at radius 2 is 2.12 bits per heavy atom. The lowest BCUT2D eigenvalue weighted by atomic mass is 10.2. The normalized spacial score (nSPS) is 16.5. The molecule has 1 aliphatic rings. The highest BCUT2D eigenvalue weighted by Crippen LogP contribution is 2.19. The Labute approximate surface area is 142 Å². The fourth-order valence-electron chi connectivity index (χ4n) is 2.61. The predicted octanol–water partition coefficient (Wildman–Crippen LogP) is 2.85. The molecule has 2 heterocycles. The third kappa shape index (κ3) is 4.00. The molecule has 2 N–H and O–H groups in total. The van der Waals surface area contributed by atoms with Crippen molar-refractivity contribution in [3.8, 4) is 0 Å². The number of para-hydroxylation sites is 1. The van der Waals surface area contributed by atoms with Gasteiger partial charge in [-0.25, -0.2) is 14.2 Å². The second-order valence-corrected chi connectivity index (χ2v) is 5.64. The first-order chi connectivity index (χ1) is 12.0. The van der Waals surface area contributed by atoms with E-state index in [2.05, 4.69) is 15.6 Å². The van der Waals surface area contributed by atoms with Crippen molar-refractivity contribution in [3.63, 3.8) is 0 Å². The summed E-state index contributed by atoms with van der Waals surface area (Å²) in [5, 5.41) is 16.3. The molecule has 25 heavy (non-hydrogen) atoms. The zero-order valence-electron chi connectivity index (χ0n) is 13.2. The van der Waals surface area contributed by atoms with Gasteiger partial charge in [0.05, 0.1) is 10.6 Å². The second kappa shape index (κ2) is 7.12. The smallest absolute Gasteiger partial charge is 0.321 e. The van der Waals surface area contributed by atoms with Crippen LogP contribution in [0.25, 0.3) is 0 Å². The van der Waals surface area contributed by atoms with E-state index in [1.165, 1.54) is 30.5 Å². The molecule has 1 unspecified atom stereocenters. The predicted molar refractivity (Wildman–Crippen MR) is 89.9 cm³/mol. The summed E-state index contributed by atoms with van der Waals surface area (Å²) in [6.45, 7) is 0.948. The van der Waals surface area contributed by atoms with Crippen molar-refractivity contribution in [2.75, 3.05) is 23.7 Å². The molecule has 1 saturated heterocycles. The number of nitrogens with one attached hydrogen (secondary N) is 2. The van der Waals surface area contributed by atoms with Gasteiger partial charge in [-0.3, -0.25) is 10.1 Å². The van der Waals surface area contributed by atoms with Crippen LogP contribution in [0.4, 0.5) is 26.4 Å². The number of aromatic nitrogens is 1. The minimum absolute atomic E-state index is 0.0275. The van der Waals surface area contributed by atoms with Crippen LogP contribution in [-0.2, 0) is 0 Å². The molecule has 0 spiro atoms. The summed E-state index contributed by atoms with van der Waals surface area (Å²) in [4.78, 5) is 27.9. The van der Waals surface area contributed by atoms with Crippen molar-refractivity contribution in [1.29, 1.82) is 0 Å². The molecule has 1 aromatic carbocycles. The average molecular weight is 345 g/mol. The van der Waals surface area contributed by atoms with Crippen molar-refractivity contribution in [1.82, 2.24) is 9.88 Å². The maximum absolute atomic E-state index is 13.6. The van der Waals surface area contributed by atoms with Crippen LogP contribution in [0.2, 0.25) is 0 Å². The number of urea groups is 1. The number of halogens is 1. The largest absolute Gasteiger partial charge is 0.365 e. The van der Waals surface area contributed by atoms with Crippen LogP contribution in [0.5, 0.6) is 0 Å². The van der Waals surface area contributed by atoms with Crippen LogP contribution in [0.3, 0.4) is 0 Å². The molecule has 0 aliphatic carbocycles. The van der Waals surface area contributed by atoms with Gasteiger partial charge < -0.3 is 15.5 Å². The summed E-state index contributed by atoms with van der Waals surface area (Å²) in [7, 11) is 0. The number of nitro groups is 1. The molecule has 1 aromatic heterocycles. The summed E-state index contributed by atoms with van der Waals surface area (Å²) in [6, 6.07) is 8.48. The first kappa shape index (κ1) is 16.6. The fraction of sp³-hybridized carbons (Fsp3) is 0.250. The minimum atomic E-state index is -0.513. The van der Waals surface area contributed by atoms with Crippen molar-refractivity contribution >= 4 is 23.2 Å². The van der Waals surface area contributed by atoms with Crippen LogP contribution in [0, 0.1) is 15.9 Å². The number of hydrogen-bond acceptors (Lipinski definition) is 5. The number of pyridine rings is 1. The number of carbonyl (C=O) groups excluding carboxylic acids is 1. The van der Waals surface area contributed by atoms with Crippen LogP contribution in [0.15, 0.2) is 42.6 Å². The van der Waals surface area contributed by atoms with Gasteiger partial charge >= 0.3 is 6.03 Å². The first-order valence-electron chi connectivity index (χ1n) is 7.70. The number of anilines is 2. The first-order valence-corrected chi connectivity index (χ1v) is 7.70. The zero-order valence-corrected chi connectivity index (χ0v) is 13.2. The van der Waals surface area contributed by atoms with Gasteiger partial charge in [-0.1, -0.05) is 12.1 Å². The molecule has 2 aromatic rings. The summed E-state index contributed by atoms with van der Waals surface area (Å²) < 4.78 is 13.6. The van der Waals surface area contributed by atoms with Crippen molar-refractivity contribution in [2.24, 2.45) is 0 Å². The van der Waals surface area contributed by atoms with Gasteiger partial charge in [-0.05, 0) is 24.6 Å². The fourth-order valence-corrected chi connectivity index (χ4v) is 2.61. The molecule has 9 heteroatoms. The SMILES string of the molecule is O=C(Nc1ccccc1F)N1CCC(Nc2ccc([N+](=O)[O-])cn2)C1. The molecule has 3 rings (SSSR count). The molecule has 2 amide bonds. The number of benzene rings is 1. The monoisotopic (exact) mass is 345 g/mol. The lowest BCUT2D eigenvalue weighted by molar-refractivity contribution is -0.385. The van der Waals surface area contributed by atoms with Crippen LogP contribution in [0.1, 0.15) is 6.42 Å². The van der Waals surface area contributed by atoms with Gasteiger partial charge in [0.1, 0.15) is 17.8 Å². The summed E-state index contributed by atoms with van der Waals surface area (Å²) in [5.74, 6) is 0.0202. The number of rotatable bonds is 4. The molecule has 1 fully saturated rings. The molecule has 1 aliphatic heterocycles. The van der Waals surface area contributed by atoms with E-state index in [4.69, 9.17) is 0 Å². The minimum Gasteiger partial charge on any atom is -0.365 e. The van der Waals surface area contributed by atoms with E-state index >= 15 is 0 Å². The Hall–Kier alpha value is -3.23. The topological polar surface area (TPSA) is 100 Å². The number of carbonyl (C=O) groups is 1. The highest BCUT2D eigenvalue weighted by molar-refractivity contribution is 5.89. The van der Waals surface area contributed by atoms with Crippen LogP contribution in [-0.4, -0.2) is 40.0 Å². The quantitative estimate of drug-likeness (QED) is 0.655. The van der Waals surface area contributed by atoms with E-state index in [0.717, 1.165) is 0 Å². The van der Waals surface area contributed by atoms with Crippen LogP contribution >= 0.6 is 0 Å². The van der Waals surface area contributed by atoms with Gasteiger partial charge in [-0.2, -0.15) is 0 Å². The van der Waals surface area contributed by atoms with E-state index in [-0.39, 0.29) is 23.4 Å². The van der Waals surface area contributed by atoms with Crippen molar-refractivity contribution in [3.05, 3.63) is 58.5 Å². The Bertz CT molecular complexity index is 784. The van der Waals surface area contributed by atoms with E-state index < -0.39 is 10.7 Å². The van der Waals surface area contributed by atoms with Gasteiger partial charge in [0.2, 0.25) is 0 Å². The van der Waals surface area contributed by atoms with Gasteiger partial charge in [0, 0.05) is 25.2 Å². The molecule has 130 valence electrons. The van der Waals surface area contributed by atoms with Gasteiger partial charge in [0.15, 0.2) is 0 Å². The van der Waals surface area contributed by atoms with Crippen molar-refractivity contribution in [2.45, 2.75) is 12.5 Å². The molecule has 1 atom stereocenters. The van der Waals surface area contributed by atoms with Crippen LogP contribution < -0.4 is 10.6 Å². The Morgan fingerprint density at radius 1 is 1.32 bits per heavy atom. The maximum Gasteiger partial charge on any atom is 0.321 e. The Morgan fingerprint density at radius 3 is 2.80 bits per heavy atom. The maximum atomic E-state index is 13.6. The summed E-state index contributed by atoms with van der Waals surface area (Å²) >= 11 is 0.